The number of hydrogen-bond donors (Lipinski definition) is 1. The van der Waals surface area contributed by atoms with Crippen LogP contribution in [-0.4, -0.2) is 60.9 Å². The van der Waals surface area contributed by atoms with Crippen LogP contribution in [-0.2, 0) is 4.79 Å². The fraction of sp³-hybridized carbons (Fsp3) is 0.280. The lowest BCUT2D eigenvalue weighted by atomic mass is 9.95. The number of furan rings is 1. The van der Waals surface area contributed by atoms with Gasteiger partial charge in [0.2, 0.25) is 5.78 Å². The van der Waals surface area contributed by atoms with Crippen LogP contribution < -0.4 is 4.74 Å². The minimum Gasteiger partial charge on any atom is -0.503 e. The molecule has 0 unspecified atom stereocenters. The van der Waals surface area contributed by atoms with Crippen LogP contribution in [0.1, 0.15) is 28.6 Å². The average molecular weight is 434 g/mol. The van der Waals surface area contributed by atoms with Crippen molar-refractivity contribution in [1.29, 1.82) is 0 Å². The summed E-state index contributed by atoms with van der Waals surface area (Å²) in [5.41, 5.74) is 1.32. The Bertz CT molecular complexity index is 1140. The average Bonchev–Trinajstić information content (AvgIpc) is 3.33. The lowest BCUT2D eigenvalue weighted by molar-refractivity contribution is -0.129. The summed E-state index contributed by atoms with van der Waals surface area (Å²) >= 11 is 0. The lowest BCUT2D eigenvalue weighted by Crippen LogP contribution is -2.33. The molecule has 1 aliphatic rings. The van der Waals surface area contributed by atoms with E-state index in [1.54, 1.807) is 48.4 Å². The molecule has 1 N–H and O–H groups in total. The first-order chi connectivity index (χ1) is 15.4. The van der Waals surface area contributed by atoms with Crippen molar-refractivity contribution in [3.05, 3.63) is 77.3 Å². The Hall–Kier alpha value is -3.58. The topological polar surface area (TPSA) is 83.2 Å². The maximum atomic E-state index is 13.5. The number of carbonyl (C=O) groups is 2. The molecule has 0 saturated carbocycles. The zero-order valence-corrected chi connectivity index (χ0v) is 18.4. The van der Waals surface area contributed by atoms with Gasteiger partial charge in [-0.15, -0.1) is 0 Å². The highest BCUT2D eigenvalue weighted by molar-refractivity contribution is 6.16. The molecule has 4 rings (SSSR count). The molecule has 0 fully saturated rings. The van der Waals surface area contributed by atoms with Gasteiger partial charge < -0.3 is 24.1 Å². The van der Waals surface area contributed by atoms with Crippen molar-refractivity contribution in [1.82, 2.24) is 9.80 Å². The van der Waals surface area contributed by atoms with Crippen LogP contribution in [0, 0.1) is 0 Å². The Morgan fingerprint density at radius 2 is 1.88 bits per heavy atom. The zero-order valence-electron chi connectivity index (χ0n) is 18.4. The molecule has 1 aliphatic heterocycles. The molecule has 0 spiro atoms. The van der Waals surface area contributed by atoms with Gasteiger partial charge in [0.1, 0.15) is 11.3 Å². The number of nitrogens with zero attached hydrogens (tertiary/aromatic N) is 2. The molecule has 7 nitrogen and oxygen atoms in total. The molecular weight excluding hydrogens is 408 g/mol. The summed E-state index contributed by atoms with van der Waals surface area (Å²) in [5.74, 6) is -0.821. The third-order valence-corrected chi connectivity index (χ3v) is 5.63. The van der Waals surface area contributed by atoms with Crippen LogP contribution >= 0.6 is 0 Å². The minimum absolute atomic E-state index is 0.0316. The Balaban J connectivity index is 1.74. The van der Waals surface area contributed by atoms with Crippen molar-refractivity contribution in [2.45, 2.75) is 12.5 Å². The molecule has 0 radical (unpaired) electrons. The van der Waals surface area contributed by atoms with E-state index in [1.165, 1.54) is 0 Å². The summed E-state index contributed by atoms with van der Waals surface area (Å²) in [5, 5.41) is 11.5. The summed E-state index contributed by atoms with van der Waals surface area (Å²) in [6.07, 6.45) is 0.699. The number of para-hydroxylation sites is 1. The minimum atomic E-state index is -0.712. The standard InChI is InChI=1S/C25H26N2O5/c1-26(2)13-6-14-27-22(16-9-11-18(31-3)12-10-16)21(24(29)25(27)30)23(28)20-15-17-7-4-5-8-19(17)32-20/h4-5,7-12,15,22,29H,6,13-14H2,1-3H3/t22-/m0/s1. The number of amides is 1. The number of ether oxygens (including phenoxy) is 1. The number of carbonyl (C=O) groups excluding carboxylic acids is 2. The van der Waals surface area contributed by atoms with Crippen LogP contribution in [0.3, 0.4) is 0 Å². The number of fused-ring (bicyclic) bond motifs is 1. The van der Waals surface area contributed by atoms with E-state index < -0.39 is 23.5 Å². The number of benzene rings is 2. The fourth-order valence-corrected chi connectivity index (χ4v) is 4.03. The van der Waals surface area contributed by atoms with Gasteiger partial charge in [0.05, 0.1) is 18.7 Å². The van der Waals surface area contributed by atoms with Crippen molar-refractivity contribution in [2.75, 3.05) is 34.3 Å². The molecule has 0 saturated heterocycles. The number of methoxy groups -OCH3 is 1. The highest BCUT2D eigenvalue weighted by Crippen LogP contribution is 2.40. The molecule has 32 heavy (non-hydrogen) atoms. The van der Waals surface area contributed by atoms with Crippen molar-refractivity contribution in [2.24, 2.45) is 0 Å². The van der Waals surface area contributed by atoms with E-state index in [-0.39, 0.29) is 11.3 Å². The summed E-state index contributed by atoms with van der Waals surface area (Å²) in [7, 11) is 5.49. The van der Waals surface area contributed by atoms with Crippen molar-refractivity contribution in [3.8, 4) is 5.75 Å². The van der Waals surface area contributed by atoms with Gasteiger partial charge in [-0.3, -0.25) is 9.59 Å². The quantitative estimate of drug-likeness (QED) is 0.540. The van der Waals surface area contributed by atoms with Gasteiger partial charge in [-0.1, -0.05) is 30.3 Å². The smallest absolute Gasteiger partial charge is 0.290 e. The number of ketones is 1. The third-order valence-electron chi connectivity index (χ3n) is 5.63. The van der Waals surface area contributed by atoms with Gasteiger partial charge in [-0.2, -0.15) is 0 Å². The highest BCUT2D eigenvalue weighted by Gasteiger charge is 2.44. The maximum Gasteiger partial charge on any atom is 0.290 e. The lowest BCUT2D eigenvalue weighted by Gasteiger charge is -2.27. The predicted octanol–water partition coefficient (Wildman–Crippen LogP) is 3.97. The Morgan fingerprint density at radius 1 is 1.16 bits per heavy atom. The van der Waals surface area contributed by atoms with E-state index in [0.29, 0.717) is 29.9 Å². The highest BCUT2D eigenvalue weighted by atomic mass is 16.5. The monoisotopic (exact) mass is 434 g/mol. The summed E-state index contributed by atoms with van der Waals surface area (Å²) in [4.78, 5) is 30.1. The number of aliphatic hydroxyl groups is 1. The van der Waals surface area contributed by atoms with Gasteiger partial charge >= 0.3 is 0 Å². The summed E-state index contributed by atoms with van der Waals surface area (Å²) in [6, 6.07) is 15.4. The van der Waals surface area contributed by atoms with Crippen molar-refractivity contribution in [3.63, 3.8) is 0 Å². The van der Waals surface area contributed by atoms with Crippen LogP contribution in [0.25, 0.3) is 11.0 Å². The van der Waals surface area contributed by atoms with Crippen LogP contribution in [0.5, 0.6) is 5.75 Å². The molecule has 166 valence electrons. The maximum absolute atomic E-state index is 13.5. The van der Waals surface area contributed by atoms with Gasteiger partial charge in [0.25, 0.3) is 5.91 Å². The predicted molar refractivity (Wildman–Crippen MR) is 121 cm³/mol. The molecule has 2 heterocycles. The van der Waals surface area contributed by atoms with E-state index in [0.717, 1.165) is 11.9 Å². The van der Waals surface area contributed by atoms with E-state index in [9.17, 15) is 14.7 Å². The van der Waals surface area contributed by atoms with E-state index in [4.69, 9.17) is 9.15 Å². The molecule has 7 heteroatoms. The SMILES string of the molecule is COc1ccc([C@H]2C(C(=O)c3cc4ccccc4o3)=C(O)C(=O)N2CCCN(C)C)cc1. The molecule has 0 aliphatic carbocycles. The van der Waals surface area contributed by atoms with Crippen LogP contribution in [0.4, 0.5) is 0 Å². The van der Waals surface area contributed by atoms with E-state index in [1.807, 2.05) is 37.2 Å². The van der Waals surface area contributed by atoms with Crippen LogP contribution in [0.2, 0.25) is 0 Å². The van der Waals surface area contributed by atoms with E-state index >= 15 is 0 Å². The molecule has 1 aromatic heterocycles. The number of Topliss-reactive ketones (excluding diaryl/α,β-unsaturated/α-hetero) is 1. The van der Waals surface area contributed by atoms with Gasteiger partial charge in [-0.05, 0) is 56.9 Å². The Labute approximate surface area is 186 Å². The second-order valence-electron chi connectivity index (χ2n) is 8.07. The van der Waals surface area contributed by atoms with Gasteiger partial charge in [0.15, 0.2) is 11.5 Å². The summed E-state index contributed by atoms with van der Waals surface area (Å²) < 4.78 is 11.0. The van der Waals surface area contributed by atoms with E-state index in [2.05, 4.69) is 0 Å². The number of rotatable bonds is 8. The fourth-order valence-electron chi connectivity index (χ4n) is 4.03. The first-order valence-electron chi connectivity index (χ1n) is 10.5. The number of aliphatic hydroxyl groups excluding tert-OH is 1. The van der Waals surface area contributed by atoms with Crippen LogP contribution in [0.15, 0.2) is 70.3 Å². The molecule has 1 atom stereocenters. The Morgan fingerprint density at radius 3 is 2.53 bits per heavy atom. The first-order valence-corrected chi connectivity index (χ1v) is 10.5. The van der Waals surface area contributed by atoms with Crippen molar-refractivity contribution >= 4 is 22.7 Å². The first kappa shape index (κ1) is 21.6. The van der Waals surface area contributed by atoms with Crippen molar-refractivity contribution < 1.29 is 23.8 Å². The Kier molecular flexibility index (Phi) is 6.01. The van der Waals surface area contributed by atoms with Gasteiger partial charge in [0, 0.05) is 11.9 Å². The molecule has 1 amide bonds. The molecule has 3 aromatic rings. The molecular formula is C25H26N2O5. The molecule has 2 aromatic carbocycles. The second-order valence-corrected chi connectivity index (χ2v) is 8.07. The third kappa shape index (κ3) is 3.99. The molecule has 0 bridgehead atoms. The normalized spacial score (nSPS) is 16.4. The summed E-state index contributed by atoms with van der Waals surface area (Å²) in [6.45, 7) is 1.17. The number of hydrogen-bond acceptors (Lipinski definition) is 6. The zero-order chi connectivity index (χ0) is 22.8. The second kappa shape index (κ2) is 8.88. The van der Waals surface area contributed by atoms with Gasteiger partial charge in [-0.25, -0.2) is 0 Å². The largest absolute Gasteiger partial charge is 0.503 e.